The van der Waals surface area contributed by atoms with Gasteiger partial charge in [0.1, 0.15) is 0 Å². The third kappa shape index (κ3) is 8.11. The van der Waals surface area contributed by atoms with E-state index < -0.39 is 5.41 Å². The highest BCUT2D eigenvalue weighted by Gasteiger charge is 2.55. The molecule has 19 rings (SSSR count). The van der Waals surface area contributed by atoms with Crippen LogP contribution in [0.1, 0.15) is 25.0 Å². The van der Waals surface area contributed by atoms with Gasteiger partial charge in [0.2, 0.25) is 6.71 Å². The van der Waals surface area contributed by atoms with Crippen molar-refractivity contribution in [1.82, 2.24) is 0 Å². The average Bonchev–Trinajstić information content (AvgIpc) is 1.28. The molecular formula is C85H60B2N6S. The summed E-state index contributed by atoms with van der Waals surface area (Å²) in [5.74, 6) is 0. The highest BCUT2D eigenvalue weighted by Crippen LogP contribution is 2.58. The Balaban J connectivity index is 0.968. The maximum Gasteiger partial charge on any atom is 0.264 e. The number of allylic oxidation sites excluding steroid dienone is 1. The Morgan fingerprint density at radius 2 is 0.681 bits per heavy atom. The first-order chi connectivity index (χ1) is 46.5. The zero-order valence-corrected chi connectivity index (χ0v) is 52.7. The predicted octanol–water partition coefficient (Wildman–Crippen LogP) is 19.7. The lowest BCUT2D eigenvalue weighted by Crippen LogP contribution is -2.63. The van der Waals surface area contributed by atoms with Crippen LogP contribution >= 0.6 is 11.3 Å². The monoisotopic (exact) mass is 1220 g/mol. The van der Waals surface area contributed by atoms with Gasteiger partial charge in [0.05, 0.1) is 17.1 Å². The third-order valence-electron chi connectivity index (χ3n) is 20.1. The lowest BCUT2D eigenvalue weighted by molar-refractivity contribution is 0.666. The van der Waals surface area contributed by atoms with Gasteiger partial charge in [-0.15, -0.1) is 11.3 Å². The smallest absolute Gasteiger partial charge is 0.264 e. The molecule has 0 fully saturated rings. The number of thiophene rings is 1. The van der Waals surface area contributed by atoms with Crippen molar-refractivity contribution in [1.29, 1.82) is 0 Å². The van der Waals surface area contributed by atoms with Crippen molar-refractivity contribution in [3.63, 3.8) is 0 Å². The minimum absolute atomic E-state index is 0.168. The van der Waals surface area contributed by atoms with Gasteiger partial charge in [-0.1, -0.05) is 213 Å². The van der Waals surface area contributed by atoms with Crippen LogP contribution in [0, 0.1) is 0 Å². The normalized spacial score (nSPS) is 14.2. The molecule has 0 spiro atoms. The maximum atomic E-state index is 2.70. The van der Waals surface area contributed by atoms with Gasteiger partial charge in [-0.3, -0.25) is 0 Å². The van der Waals surface area contributed by atoms with Crippen molar-refractivity contribution in [2.75, 3.05) is 29.4 Å². The SMILES string of the molecule is CC1(C)C2=C(c3ccccc31)N(c1ccccc1)c1cc(N(c3ccccc3)c3ccccc3)cc3c1B2c1cc2c(cc1N3c1ccccc1)N(c1ccccc1)c1cc(N(c3ccccc3)c3ccccc3)cc3c1B2c1sc2ccccc2c1N3c1ccccc1. The average molecular weight is 1220 g/mol. The number of rotatable bonds is 10. The largest absolute Gasteiger partial charge is 0.311 e. The molecule has 0 atom stereocenters. The topological polar surface area (TPSA) is 19.4 Å². The molecule has 0 N–H and O–H groups in total. The van der Waals surface area contributed by atoms with Gasteiger partial charge in [0.15, 0.2) is 0 Å². The van der Waals surface area contributed by atoms with E-state index in [1.807, 2.05) is 11.3 Å². The second-order valence-corrected chi connectivity index (χ2v) is 26.7. The van der Waals surface area contributed by atoms with Crippen LogP contribution in [0.2, 0.25) is 0 Å². The molecule has 1 aromatic heterocycles. The lowest BCUT2D eigenvalue weighted by Gasteiger charge is -2.48. The summed E-state index contributed by atoms with van der Waals surface area (Å²) in [7, 11) is 0. The zero-order valence-electron chi connectivity index (χ0n) is 51.9. The number of hydrogen-bond acceptors (Lipinski definition) is 7. The molecule has 94 heavy (non-hydrogen) atoms. The number of hydrogen-bond donors (Lipinski definition) is 0. The molecule has 0 amide bonds. The van der Waals surface area contributed by atoms with Crippen molar-refractivity contribution in [2.24, 2.45) is 0 Å². The highest BCUT2D eigenvalue weighted by molar-refractivity contribution is 7.33. The molecule has 4 aliphatic heterocycles. The molecule has 442 valence electrons. The van der Waals surface area contributed by atoms with Gasteiger partial charge in [0, 0.05) is 111 Å². The van der Waals surface area contributed by atoms with Gasteiger partial charge < -0.3 is 29.4 Å². The Hall–Kier alpha value is -11.5. The molecule has 0 bridgehead atoms. The fourth-order valence-electron chi connectivity index (χ4n) is 16.3. The molecular weight excluding hydrogens is 1160 g/mol. The van der Waals surface area contributed by atoms with Crippen LogP contribution in [0.3, 0.4) is 0 Å². The van der Waals surface area contributed by atoms with E-state index in [9.17, 15) is 0 Å². The number of nitrogens with zero attached hydrogens (tertiary/aromatic N) is 6. The quantitative estimate of drug-likeness (QED) is 0.126. The molecule has 6 nitrogen and oxygen atoms in total. The molecule has 13 aromatic carbocycles. The fourth-order valence-corrected chi connectivity index (χ4v) is 17.6. The summed E-state index contributed by atoms with van der Waals surface area (Å²) in [6.07, 6.45) is 0. The maximum absolute atomic E-state index is 2.70. The molecule has 0 radical (unpaired) electrons. The molecule has 5 aliphatic rings. The van der Waals surface area contributed by atoms with Crippen LogP contribution in [-0.2, 0) is 5.41 Å². The Morgan fingerprint density at radius 1 is 0.319 bits per heavy atom. The van der Waals surface area contributed by atoms with Gasteiger partial charge in [-0.05, 0) is 161 Å². The van der Waals surface area contributed by atoms with Crippen molar-refractivity contribution >= 4 is 164 Å². The standard InChI is InChI=1S/C85H60B2N6S/c1-85(2)69-49-29-27-47-67(69)81-83(85)86-70-55-71-73(56-72(70)90(61-39-19-7-20-40-61)74-51-65(53-76(79(74)86)92(81)63-43-23-9-24-44-63)88(57-31-11-3-12-32-57)58-33-13-4-14-34-58)91(62-41-21-8-22-42-62)75-52-66(89(59-35-15-5-16-36-59)60-37-17-6-18-38-60)54-77-80(75)87(71)84-82(68-48-28-30-50-78(68)94-84)93(77)64-45-25-10-26-46-64/h3-56H,1-2H3. The number of fused-ring (bicyclic) bond motifs is 11. The summed E-state index contributed by atoms with van der Waals surface area (Å²) in [6.45, 7) is 4.62. The van der Waals surface area contributed by atoms with Crippen LogP contribution in [0.4, 0.5) is 96.7 Å². The highest BCUT2D eigenvalue weighted by atomic mass is 32.1. The van der Waals surface area contributed by atoms with E-state index in [0.717, 1.165) is 91.0 Å². The van der Waals surface area contributed by atoms with Crippen LogP contribution in [0.5, 0.6) is 0 Å². The van der Waals surface area contributed by atoms with E-state index in [0.29, 0.717) is 0 Å². The first kappa shape index (κ1) is 54.2. The molecule has 0 saturated carbocycles. The van der Waals surface area contributed by atoms with Gasteiger partial charge in [0.25, 0.3) is 6.71 Å². The van der Waals surface area contributed by atoms with E-state index in [-0.39, 0.29) is 13.4 Å². The Labute approximate surface area is 553 Å². The van der Waals surface area contributed by atoms with Crippen molar-refractivity contribution in [3.05, 3.63) is 344 Å². The Kier molecular flexibility index (Phi) is 12.3. The van der Waals surface area contributed by atoms with Crippen LogP contribution < -0.4 is 56.0 Å². The Morgan fingerprint density at radius 3 is 1.16 bits per heavy atom. The lowest BCUT2D eigenvalue weighted by atomic mass is 9.29. The third-order valence-corrected chi connectivity index (χ3v) is 21.3. The zero-order chi connectivity index (χ0) is 62.2. The molecule has 14 aromatic rings. The van der Waals surface area contributed by atoms with Gasteiger partial charge in [-0.2, -0.15) is 0 Å². The second kappa shape index (κ2) is 21.3. The van der Waals surface area contributed by atoms with Crippen molar-refractivity contribution in [3.8, 4) is 0 Å². The summed E-state index contributed by atoms with van der Waals surface area (Å²) in [5.41, 5.74) is 29.0. The number of para-hydroxylation sites is 8. The summed E-state index contributed by atoms with van der Waals surface area (Å²) in [5, 5.41) is 1.25. The molecule has 5 heterocycles. The molecule has 9 heteroatoms. The molecule has 0 unspecified atom stereocenters. The van der Waals surface area contributed by atoms with E-state index >= 15 is 0 Å². The first-order valence-electron chi connectivity index (χ1n) is 32.6. The van der Waals surface area contributed by atoms with Crippen molar-refractivity contribution in [2.45, 2.75) is 19.3 Å². The number of anilines is 17. The Bertz CT molecular complexity index is 5250. The van der Waals surface area contributed by atoms with E-state index in [1.165, 1.54) is 64.7 Å². The summed E-state index contributed by atoms with van der Waals surface area (Å²) in [6, 6.07) is 122. The molecule has 1 aliphatic carbocycles. The first-order valence-corrected chi connectivity index (χ1v) is 33.4. The minimum Gasteiger partial charge on any atom is -0.311 e. The van der Waals surface area contributed by atoms with Gasteiger partial charge in [-0.25, -0.2) is 0 Å². The van der Waals surface area contributed by atoms with E-state index in [4.69, 9.17) is 0 Å². The van der Waals surface area contributed by atoms with Crippen LogP contribution in [0.15, 0.2) is 333 Å². The second-order valence-electron chi connectivity index (χ2n) is 25.6. The van der Waals surface area contributed by atoms with Crippen LogP contribution in [0.25, 0.3) is 15.8 Å². The summed E-state index contributed by atoms with van der Waals surface area (Å²) < 4.78 is 2.60. The summed E-state index contributed by atoms with van der Waals surface area (Å²) >= 11 is 1.95. The van der Waals surface area contributed by atoms with E-state index in [1.54, 1.807) is 0 Å². The molecule has 0 saturated heterocycles. The van der Waals surface area contributed by atoms with Crippen molar-refractivity contribution < 1.29 is 0 Å². The number of benzene rings is 13. The van der Waals surface area contributed by atoms with E-state index in [2.05, 4.69) is 371 Å². The predicted molar refractivity (Wildman–Crippen MR) is 400 cm³/mol. The summed E-state index contributed by atoms with van der Waals surface area (Å²) in [4.78, 5) is 15.3. The van der Waals surface area contributed by atoms with Gasteiger partial charge >= 0.3 is 0 Å². The van der Waals surface area contributed by atoms with Crippen LogP contribution in [-0.4, -0.2) is 13.4 Å². The minimum atomic E-state index is -0.394. The fraction of sp³-hybridized carbons (Fsp3) is 0.0353.